The smallest absolute Gasteiger partial charge is 0.175 e. The van der Waals surface area contributed by atoms with Crippen LogP contribution in [0.15, 0.2) is 59.5 Å². The number of hydrogen-bond acceptors (Lipinski definition) is 3. The van der Waals surface area contributed by atoms with Gasteiger partial charge in [-0.2, -0.15) is 0 Å². The number of hydrogen-bond donors (Lipinski definition) is 1. The second-order valence-corrected chi connectivity index (χ2v) is 7.37. The van der Waals surface area contributed by atoms with Gasteiger partial charge in [0.2, 0.25) is 0 Å². The first-order valence-corrected chi connectivity index (χ1v) is 8.90. The topological polar surface area (TPSA) is 46.2 Å². The second-order valence-electron chi connectivity index (χ2n) is 5.36. The third-order valence-corrected chi connectivity index (χ3v) is 4.63. The summed E-state index contributed by atoms with van der Waals surface area (Å²) in [5.74, 6) is 0.446. The van der Waals surface area contributed by atoms with Crippen LogP contribution in [0.2, 0.25) is 0 Å². The molecule has 2 aromatic rings. The summed E-state index contributed by atoms with van der Waals surface area (Å²) in [7, 11) is -3.11. The molecule has 4 heteroatoms. The van der Waals surface area contributed by atoms with Crippen molar-refractivity contribution in [2.75, 3.05) is 12.8 Å². The molecule has 0 radical (unpaired) electrons. The van der Waals surface area contributed by atoms with Crippen molar-refractivity contribution in [2.45, 2.75) is 24.3 Å². The fourth-order valence-corrected chi connectivity index (χ4v) is 2.82. The molecule has 0 spiro atoms. The van der Waals surface area contributed by atoms with E-state index in [-0.39, 0.29) is 0 Å². The molecule has 1 N–H and O–H groups in total. The zero-order valence-corrected chi connectivity index (χ0v) is 13.2. The highest BCUT2D eigenvalue weighted by Gasteiger charge is 2.07. The molecular weight excluding hydrogens is 282 g/mol. The van der Waals surface area contributed by atoms with Crippen LogP contribution < -0.4 is 5.32 Å². The molecular formula is C17H21NO2S. The molecule has 0 aliphatic rings. The van der Waals surface area contributed by atoms with E-state index >= 15 is 0 Å². The minimum atomic E-state index is -3.11. The van der Waals surface area contributed by atoms with E-state index in [0.29, 0.717) is 10.8 Å². The SMILES string of the molecule is CC(CNCc1ccc(S(C)(=O)=O)cc1)c1ccccc1. The minimum absolute atomic E-state index is 0.365. The van der Waals surface area contributed by atoms with E-state index in [1.807, 2.05) is 18.2 Å². The molecule has 2 aromatic carbocycles. The monoisotopic (exact) mass is 303 g/mol. The van der Waals surface area contributed by atoms with Crippen molar-refractivity contribution >= 4 is 9.84 Å². The molecule has 0 aliphatic carbocycles. The van der Waals surface area contributed by atoms with Crippen molar-refractivity contribution in [2.24, 2.45) is 0 Å². The lowest BCUT2D eigenvalue weighted by Crippen LogP contribution is -2.19. The Morgan fingerprint density at radius 1 is 1.00 bits per heavy atom. The van der Waals surface area contributed by atoms with Crippen LogP contribution in [0.25, 0.3) is 0 Å². The van der Waals surface area contributed by atoms with Crippen LogP contribution >= 0.6 is 0 Å². The summed E-state index contributed by atoms with van der Waals surface area (Å²) in [4.78, 5) is 0.365. The summed E-state index contributed by atoms with van der Waals surface area (Å²) in [6.45, 7) is 3.81. The molecule has 0 saturated heterocycles. The number of benzene rings is 2. The van der Waals surface area contributed by atoms with Crippen molar-refractivity contribution in [3.8, 4) is 0 Å². The maximum atomic E-state index is 11.4. The van der Waals surface area contributed by atoms with Crippen molar-refractivity contribution in [3.63, 3.8) is 0 Å². The van der Waals surface area contributed by atoms with E-state index in [1.165, 1.54) is 11.8 Å². The molecule has 112 valence electrons. The van der Waals surface area contributed by atoms with E-state index in [4.69, 9.17) is 0 Å². The Labute approximate surface area is 126 Å². The van der Waals surface area contributed by atoms with Gasteiger partial charge in [-0.25, -0.2) is 8.42 Å². The van der Waals surface area contributed by atoms with Crippen LogP contribution in [0.5, 0.6) is 0 Å². The fourth-order valence-electron chi connectivity index (χ4n) is 2.19. The first-order chi connectivity index (χ1) is 9.97. The second kappa shape index (κ2) is 6.87. The summed E-state index contributed by atoms with van der Waals surface area (Å²) in [5.41, 5.74) is 2.40. The standard InChI is InChI=1S/C17H21NO2S/c1-14(16-6-4-3-5-7-16)12-18-13-15-8-10-17(11-9-15)21(2,19)20/h3-11,14,18H,12-13H2,1-2H3. The van der Waals surface area contributed by atoms with Crippen LogP contribution in [0, 0.1) is 0 Å². The highest BCUT2D eigenvalue weighted by atomic mass is 32.2. The fraction of sp³-hybridized carbons (Fsp3) is 0.294. The quantitative estimate of drug-likeness (QED) is 0.892. The Bertz CT molecular complexity index is 664. The molecule has 0 bridgehead atoms. The van der Waals surface area contributed by atoms with Gasteiger partial charge in [-0.05, 0) is 29.2 Å². The van der Waals surface area contributed by atoms with Gasteiger partial charge in [0.05, 0.1) is 4.90 Å². The molecule has 1 unspecified atom stereocenters. The minimum Gasteiger partial charge on any atom is -0.312 e. The molecule has 2 rings (SSSR count). The molecule has 0 aliphatic heterocycles. The van der Waals surface area contributed by atoms with Crippen LogP contribution in [0.4, 0.5) is 0 Å². The van der Waals surface area contributed by atoms with Gasteiger partial charge in [-0.3, -0.25) is 0 Å². The highest BCUT2D eigenvalue weighted by Crippen LogP contribution is 2.14. The lowest BCUT2D eigenvalue weighted by molar-refractivity contribution is 0.601. The van der Waals surface area contributed by atoms with E-state index in [9.17, 15) is 8.42 Å². The lowest BCUT2D eigenvalue weighted by Gasteiger charge is -2.13. The van der Waals surface area contributed by atoms with Gasteiger partial charge in [0.15, 0.2) is 9.84 Å². The van der Waals surface area contributed by atoms with Crippen molar-refractivity contribution in [1.29, 1.82) is 0 Å². The van der Waals surface area contributed by atoms with Gasteiger partial charge in [0, 0.05) is 19.3 Å². The third kappa shape index (κ3) is 4.69. The molecule has 1 atom stereocenters. The Kier molecular flexibility index (Phi) is 5.15. The molecule has 0 fully saturated rings. The van der Waals surface area contributed by atoms with Gasteiger partial charge in [-0.15, -0.1) is 0 Å². The van der Waals surface area contributed by atoms with E-state index in [2.05, 4.69) is 36.5 Å². The van der Waals surface area contributed by atoms with Crippen molar-refractivity contribution in [3.05, 3.63) is 65.7 Å². The van der Waals surface area contributed by atoms with Crippen molar-refractivity contribution < 1.29 is 8.42 Å². The van der Waals surface area contributed by atoms with E-state index in [1.54, 1.807) is 12.1 Å². The Hall–Kier alpha value is -1.65. The zero-order chi connectivity index (χ0) is 15.3. The summed E-state index contributed by atoms with van der Waals surface area (Å²) >= 11 is 0. The predicted octanol–water partition coefficient (Wildman–Crippen LogP) is 2.98. The number of rotatable bonds is 6. The van der Waals surface area contributed by atoms with E-state index < -0.39 is 9.84 Å². The number of sulfone groups is 1. The van der Waals surface area contributed by atoms with Gasteiger partial charge in [0.25, 0.3) is 0 Å². The maximum Gasteiger partial charge on any atom is 0.175 e. The maximum absolute atomic E-state index is 11.4. The molecule has 0 heterocycles. The lowest BCUT2D eigenvalue weighted by atomic mass is 10.0. The first kappa shape index (κ1) is 15.7. The van der Waals surface area contributed by atoms with E-state index in [0.717, 1.165) is 18.7 Å². The molecule has 21 heavy (non-hydrogen) atoms. The Morgan fingerprint density at radius 2 is 1.62 bits per heavy atom. The molecule has 0 amide bonds. The summed E-state index contributed by atoms with van der Waals surface area (Å²) in [6, 6.07) is 17.4. The average molecular weight is 303 g/mol. The van der Waals surface area contributed by atoms with Gasteiger partial charge >= 0.3 is 0 Å². The zero-order valence-electron chi connectivity index (χ0n) is 12.4. The van der Waals surface area contributed by atoms with Crippen molar-refractivity contribution in [1.82, 2.24) is 5.32 Å². The summed E-state index contributed by atoms with van der Waals surface area (Å²) < 4.78 is 22.8. The largest absolute Gasteiger partial charge is 0.312 e. The molecule has 0 aromatic heterocycles. The highest BCUT2D eigenvalue weighted by molar-refractivity contribution is 7.90. The summed E-state index contributed by atoms with van der Waals surface area (Å²) in [5, 5.41) is 3.41. The van der Waals surface area contributed by atoms with Gasteiger partial charge < -0.3 is 5.32 Å². The van der Waals surface area contributed by atoms with Crippen LogP contribution in [-0.2, 0) is 16.4 Å². The van der Waals surface area contributed by atoms with Crippen LogP contribution in [0.1, 0.15) is 24.0 Å². The van der Waals surface area contributed by atoms with Crippen LogP contribution in [0.3, 0.4) is 0 Å². The third-order valence-electron chi connectivity index (χ3n) is 3.50. The molecule has 0 saturated carbocycles. The predicted molar refractivity (Wildman–Crippen MR) is 86.1 cm³/mol. The Morgan fingerprint density at radius 3 is 2.19 bits per heavy atom. The first-order valence-electron chi connectivity index (χ1n) is 7.01. The summed E-state index contributed by atoms with van der Waals surface area (Å²) in [6.07, 6.45) is 1.22. The molecule has 3 nitrogen and oxygen atoms in total. The number of nitrogens with one attached hydrogen (secondary N) is 1. The van der Waals surface area contributed by atoms with Gasteiger partial charge in [-0.1, -0.05) is 49.4 Å². The van der Waals surface area contributed by atoms with Gasteiger partial charge in [0.1, 0.15) is 0 Å². The average Bonchev–Trinajstić information content (AvgIpc) is 2.47. The normalized spacial score (nSPS) is 13.0. The Balaban J connectivity index is 1.86. The van der Waals surface area contributed by atoms with Crippen LogP contribution in [-0.4, -0.2) is 21.2 Å².